The lowest BCUT2D eigenvalue weighted by Crippen LogP contribution is -2.29. The topological polar surface area (TPSA) is 76.2 Å². The molecule has 19 heavy (non-hydrogen) atoms. The summed E-state index contributed by atoms with van der Waals surface area (Å²) in [4.78, 5) is 6.02. The minimum Gasteiger partial charge on any atom is -0.367 e. The van der Waals surface area contributed by atoms with Crippen LogP contribution in [0.2, 0.25) is 0 Å². The van der Waals surface area contributed by atoms with Crippen LogP contribution >= 0.6 is 11.6 Å². The summed E-state index contributed by atoms with van der Waals surface area (Å²) >= 11 is 5.66. The van der Waals surface area contributed by atoms with Gasteiger partial charge in [0.2, 0.25) is 0 Å². The largest absolute Gasteiger partial charge is 0.367 e. The Kier molecular flexibility index (Phi) is 8.44. The van der Waals surface area contributed by atoms with Crippen molar-refractivity contribution in [1.82, 2.24) is 10.2 Å². The van der Waals surface area contributed by atoms with Gasteiger partial charge >= 0.3 is 0 Å². The van der Waals surface area contributed by atoms with Crippen LogP contribution in [0.3, 0.4) is 0 Å². The van der Waals surface area contributed by atoms with E-state index in [9.17, 15) is 0 Å². The Morgan fingerprint density at radius 3 is 2.53 bits per heavy atom. The van der Waals surface area contributed by atoms with Crippen LogP contribution in [0.1, 0.15) is 13.8 Å². The van der Waals surface area contributed by atoms with E-state index in [1.54, 1.807) is 11.8 Å². The maximum Gasteiger partial charge on any atom is 0.169 e. The lowest BCUT2D eigenvalue weighted by atomic mass is 10.4. The summed E-state index contributed by atoms with van der Waals surface area (Å²) in [6.07, 6.45) is 1.51. The summed E-state index contributed by atoms with van der Waals surface area (Å²) in [5.41, 5.74) is 0.330. The molecule has 0 aliphatic rings. The van der Waals surface area contributed by atoms with E-state index >= 15 is 0 Å². The SMILES string of the molecule is C=C(Cl)C\N=C(/C=N\N=C(\NCC)C(C)=N)N(C)C. The molecule has 6 nitrogen and oxygen atoms in total. The van der Waals surface area contributed by atoms with Crippen LogP contribution in [0.4, 0.5) is 0 Å². The highest BCUT2D eigenvalue weighted by atomic mass is 35.5. The Morgan fingerprint density at radius 2 is 2.11 bits per heavy atom. The van der Waals surface area contributed by atoms with Crippen molar-refractivity contribution in [2.24, 2.45) is 15.2 Å². The number of amidine groups is 2. The molecule has 0 saturated carbocycles. The summed E-state index contributed by atoms with van der Waals surface area (Å²) in [6.45, 7) is 8.17. The maximum absolute atomic E-state index is 7.53. The quantitative estimate of drug-likeness (QED) is 0.443. The van der Waals surface area contributed by atoms with Crippen LogP contribution in [0.25, 0.3) is 0 Å². The van der Waals surface area contributed by atoms with Crippen LogP contribution in [0, 0.1) is 5.41 Å². The Balaban J connectivity index is 4.88. The molecule has 0 amide bonds. The molecule has 0 aromatic heterocycles. The zero-order valence-corrected chi connectivity index (χ0v) is 12.6. The number of halogens is 1. The summed E-state index contributed by atoms with van der Waals surface area (Å²) in [5.74, 6) is 1.07. The van der Waals surface area contributed by atoms with Crippen molar-refractivity contribution >= 4 is 35.2 Å². The van der Waals surface area contributed by atoms with E-state index in [1.165, 1.54) is 6.21 Å². The summed E-state index contributed by atoms with van der Waals surface area (Å²) in [7, 11) is 3.69. The summed E-state index contributed by atoms with van der Waals surface area (Å²) in [6, 6.07) is 0. The highest BCUT2D eigenvalue weighted by Gasteiger charge is 2.00. The van der Waals surface area contributed by atoms with Crippen LogP contribution < -0.4 is 5.32 Å². The number of aliphatic imine (C=N–C) groups is 1. The van der Waals surface area contributed by atoms with Gasteiger partial charge in [-0.05, 0) is 13.8 Å². The molecule has 0 aromatic rings. The zero-order chi connectivity index (χ0) is 14.8. The fourth-order valence-corrected chi connectivity index (χ4v) is 1.07. The predicted molar refractivity (Wildman–Crippen MR) is 84.0 cm³/mol. The number of hydrogen-bond donors (Lipinski definition) is 2. The van der Waals surface area contributed by atoms with E-state index < -0.39 is 0 Å². The van der Waals surface area contributed by atoms with E-state index in [4.69, 9.17) is 17.0 Å². The fourth-order valence-electron chi connectivity index (χ4n) is 1.01. The van der Waals surface area contributed by atoms with Gasteiger partial charge in [-0.15, -0.1) is 5.10 Å². The van der Waals surface area contributed by atoms with Gasteiger partial charge in [-0.2, -0.15) is 5.10 Å². The van der Waals surface area contributed by atoms with Crippen molar-refractivity contribution in [2.45, 2.75) is 13.8 Å². The Labute approximate surface area is 119 Å². The van der Waals surface area contributed by atoms with Crippen molar-refractivity contribution in [3.63, 3.8) is 0 Å². The first-order chi connectivity index (χ1) is 8.88. The first-order valence-electron chi connectivity index (χ1n) is 5.84. The minimum atomic E-state index is 0.328. The highest BCUT2D eigenvalue weighted by molar-refractivity contribution is 6.39. The summed E-state index contributed by atoms with van der Waals surface area (Å²) < 4.78 is 0. The van der Waals surface area contributed by atoms with Gasteiger partial charge in [0, 0.05) is 25.7 Å². The van der Waals surface area contributed by atoms with Crippen molar-refractivity contribution in [3.8, 4) is 0 Å². The average Bonchev–Trinajstić information content (AvgIpc) is 2.30. The van der Waals surface area contributed by atoms with Crippen LogP contribution in [0.5, 0.6) is 0 Å². The van der Waals surface area contributed by atoms with Gasteiger partial charge in [-0.1, -0.05) is 18.2 Å². The van der Waals surface area contributed by atoms with E-state index in [0.717, 1.165) is 0 Å². The maximum atomic E-state index is 7.53. The Bertz CT molecular complexity index is 408. The highest BCUT2D eigenvalue weighted by Crippen LogP contribution is 1.97. The predicted octanol–water partition coefficient (Wildman–Crippen LogP) is 1.73. The van der Waals surface area contributed by atoms with Crippen LogP contribution in [-0.4, -0.2) is 55.7 Å². The van der Waals surface area contributed by atoms with Gasteiger partial charge < -0.3 is 15.6 Å². The third-order valence-corrected chi connectivity index (χ3v) is 2.02. The average molecular weight is 285 g/mol. The van der Waals surface area contributed by atoms with Crippen molar-refractivity contribution in [2.75, 3.05) is 27.2 Å². The molecule has 0 spiro atoms. The first-order valence-corrected chi connectivity index (χ1v) is 6.21. The van der Waals surface area contributed by atoms with Crippen molar-refractivity contribution in [1.29, 1.82) is 5.41 Å². The molecule has 0 rings (SSSR count). The van der Waals surface area contributed by atoms with Gasteiger partial charge in [-0.3, -0.25) is 4.99 Å². The minimum absolute atomic E-state index is 0.328. The molecule has 0 saturated heterocycles. The monoisotopic (exact) mass is 284 g/mol. The Hall–Kier alpha value is -1.69. The van der Waals surface area contributed by atoms with Crippen molar-refractivity contribution < 1.29 is 0 Å². The van der Waals surface area contributed by atoms with Gasteiger partial charge in [0.05, 0.1) is 18.5 Å². The van der Waals surface area contributed by atoms with E-state index in [2.05, 4.69) is 27.1 Å². The lowest BCUT2D eigenvalue weighted by Gasteiger charge is -2.11. The molecule has 0 heterocycles. The van der Waals surface area contributed by atoms with Gasteiger partial charge in [0.25, 0.3) is 0 Å². The molecular formula is C12H21ClN6. The number of hydrogen-bond acceptors (Lipinski definition) is 4. The number of nitrogens with one attached hydrogen (secondary N) is 2. The van der Waals surface area contributed by atoms with E-state index in [1.807, 2.05) is 21.0 Å². The van der Waals surface area contributed by atoms with Gasteiger partial charge in [0.15, 0.2) is 5.84 Å². The molecule has 0 unspecified atom stereocenters. The molecule has 0 fully saturated rings. The second-order valence-electron chi connectivity index (χ2n) is 3.93. The third kappa shape index (κ3) is 8.10. The van der Waals surface area contributed by atoms with Gasteiger partial charge in [0.1, 0.15) is 5.84 Å². The Morgan fingerprint density at radius 1 is 1.47 bits per heavy atom. The van der Waals surface area contributed by atoms with Crippen molar-refractivity contribution in [3.05, 3.63) is 11.6 Å². The molecule has 0 aliphatic heterocycles. The van der Waals surface area contributed by atoms with E-state index in [0.29, 0.717) is 35.5 Å². The van der Waals surface area contributed by atoms with Gasteiger partial charge in [-0.25, -0.2) is 0 Å². The molecule has 0 aromatic carbocycles. The second-order valence-corrected chi connectivity index (χ2v) is 4.47. The standard InChI is InChI=1S/C12H21ClN6/c1-6-15-12(10(3)14)18-17-8-11(19(4)5)16-7-9(2)13/h8,14H,2,6-7H2,1,3-5H3,(H,15,18)/b14-10?,16-11+,17-8-. The van der Waals surface area contributed by atoms with Crippen LogP contribution in [0.15, 0.2) is 26.8 Å². The van der Waals surface area contributed by atoms with Crippen LogP contribution in [-0.2, 0) is 0 Å². The fraction of sp³-hybridized carbons (Fsp3) is 0.500. The molecule has 0 atom stereocenters. The summed E-state index contributed by atoms with van der Waals surface area (Å²) in [5, 5.41) is 18.8. The molecular weight excluding hydrogens is 264 g/mol. The van der Waals surface area contributed by atoms with E-state index in [-0.39, 0.29) is 0 Å². The molecule has 0 radical (unpaired) electrons. The molecule has 106 valence electrons. The molecule has 7 heteroatoms. The smallest absolute Gasteiger partial charge is 0.169 e. The first kappa shape index (κ1) is 17.3. The lowest BCUT2D eigenvalue weighted by molar-refractivity contribution is 0.629. The molecule has 0 aliphatic carbocycles. The second kappa shape index (κ2) is 9.27. The molecule has 2 N–H and O–H groups in total. The third-order valence-electron chi connectivity index (χ3n) is 1.90. The number of nitrogens with zero attached hydrogens (tertiary/aromatic N) is 4. The molecule has 0 bridgehead atoms. The zero-order valence-electron chi connectivity index (χ0n) is 11.9. The normalized spacial score (nSPS) is 12.7. The number of rotatable bonds is 6.